The first-order valence-electron chi connectivity index (χ1n) is 10.7. The van der Waals surface area contributed by atoms with Crippen LogP contribution in [-0.4, -0.2) is 60.8 Å². The Balaban J connectivity index is 1.70. The molecule has 3 N–H and O–H groups in total. The maximum atomic E-state index is 10.4. The molecule has 7 heteroatoms. The van der Waals surface area contributed by atoms with Crippen LogP contribution in [0.2, 0.25) is 0 Å². The molecule has 2 aromatic rings. The summed E-state index contributed by atoms with van der Waals surface area (Å²) in [6.45, 7) is 5.97. The summed E-state index contributed by atoms with van der Waals surface area (Å²) in [6, 6.07) is 12.1. The molecule has 1 aromatic carbocycles. The third-order valence-corrected chi connectivity index (χ3v) is 5.38. The van der Waals surface area contributed by atoms with Gasteiger partial charge in [0.25, 0.3) is 0 Å². The van der Waals surface area contributed by atoms with E-state index in [4.69, 9.17) is 9.73 Å². The zero-order chi connectivity index (χ0) is 21.2. The number of rotatable bonds is 9. The fourth-order valence-electron chi connectivity index (χ4n) is 3.75. The zero-order valence-corrected chi connectivity index (χ0v) is 17.9. The molecule has 0 aliphatic carbocycles. The van der Waals surface area contributed by atoms with Gasteiger partial charge in [-0.3, -0.25) is 14.9 Å². The molecule has 162 valence electrons. The van der Waals surface area contributed by atoms with Gasteiger partial charge in [-0.2, -0.15) is 0 Å². The molecule has 1 aromatic heterocycles. The Morgan fingerprint density at radius 1 is 1.17 bits per heavy atom. The molecule has 0 saturated carbocycles. The highest BCUT2D eigenvalue weighted by molar-refractivity contribution is 5.79. The summed E-state index contributed by atoms with van der Waals surface area (Å²) in [4.78, 5) is 11.3. The average molecular weight is 412 g/mol. The second-order valence-corrected chi connectivity index (χ2v) is 7.43. The Bertz CT molecular complexity index is 793. The van der Waals surface area contributed by atoms with E-state index in [1.54, 1.807) is 19.5 Å². The number of aliphatic imine (C=N–C) groups is 1. The fraction of sp³-hybridized carbons (Fsp3) is 0.478. The molecule has 0 amide bonds. The van der Waals surface area contributed by atoms with Crippen molar-refractivity contribution in [2.45, 2.75) is 31.9 Å². The standard InChI is InChI=1S/C23H33N5O2/c1-3-25-23(27-17-22(29)18-9-11-24-12-10-18)26-16-21(28-13-4-5-14-28)19-7-6-8-20(15-19)30-2/h6-12,15,21-22,29H,3-5,13-14,16-17H2,1-2H3,(H2,25,26,27). The van der Waals surface area contributed by atoms with Gasteiger partial charge in [-0.1, -0.05) is 12.1 Å². The second-order valence-electron chi connectivity index (χ2n) is 7.43. The molecule has 3 rings (SSSR count). The van der Waals surface area contributed by atoms with Crippen LogP contribution in [0.25, 0.3) is 0 Å². The third-order valence-electron chi connectivity index (χ3n) is 5.38. The molecular weight excluding hydrogens is 378 g/mol. The molecular formula is C23H33N5O2. The van der Waals surface area contributed by atoms with Crippen LogP contribution in [0.5, 0.6) is 5.75 Å². The molecule has 2 heterocycles. The number of hydrogen-bond acceptors (Lipinski definition) is 5. The number of hydrogen-bond donors (Lipinski definition) is 3. The summed E-state index contributed by atoms with van der Waals surface area (Å²) in [6.07, 6.45) is 5.20. The molecule has 0 radical (unpaired) electrons. The van der Waals surface area contributed by atoms with Crippen LogP contribution in [0.1, 0.15) is 43.0 Å². The number of aliphatic hydroxyl groups is 1. The van der Waals surface area contributed by atoms with Crippen LogP contribution in [0.3, 0.4) is 0 Å². The number of likely N-dealkylation sites (tertiary alicyclic amines) is 1. The maximum absolute atomic E-state index is 10.4. The van der Waals surface area contributed by atoms with Gasteiger partial charge in [0, 0.05) is 25.5 Å². The first-order chi connectivity index (χ1) is 14.7. The van der Waals surface area contributed by atoms with E-state index in [-0.39, 0.29) is 6.04 Å². The van der Waals surface area contributed by atoms with E-state index in [9.17, 15) is 5.11 Å². The van der Waals surface area contributed by atoms with Gasteiger partial charge in [-0.15, -0.1) is 0 Å². The van der Waals surface area contributed by atoms with E-state index in [2.05, 4.69) is 32.7 Å². The van der Waals surface area contributed by atoms with E-state index in [0.717, 1.165) is 30.9 Å². The highest BCUT2D eigenvalue weighted by Gasteiger charge is 2.24. The van der Waals surface area contributed by atoms with Gasteiger partial charge in [-0.25, -0.2) is 0 Å². The van der Waals surface area contributed by atoms with E-state index in [1.165, 1.54) is 18.4 Å². The topological polar surface area (TPSA) is 82.0 Å². The number of aliphatic hydroxyl groups excluding tert-OH is 1. The maximum Gasteiger partial charge on any atom is 0.191 e. The Labute approximate surface area is 179 Å². The molecule has 30 heavy (non-hydrogen) atoms. The van der Waals surface area contributed by atoms with Crippen molar-refractivity contribution in [3.63, 3.8) is 0 Å². The van der Waals surface area contributed by atoms with Crippen molar-refractivity contribution in [1.82, 2.24) is 20.5 Å². The van der Waals surface area contributed by atoms with Crippen LogP contribution in [0.15, 0.2) is 53.8 Å². The van der Waals surface area contributed by atoms with E-state index in [1.807, 2.05) is 31.2 Å². The fourth-order valence-corrected chi connectivity index (χ4v) is 3.75. The van der Waals surface area contributed by atoms with Crippen molar-refractivity contribution >= 4 is 5.96 Å². The third kappa shape index (κ3) is 6.18. The molecule has 0 bridgehead atoms. The number of guanidine groups is 1. The van der Waals surface area contributed by atoms with Crippen molar-refractivity contribution in [3.05, 3.63) is 59.9 Å². The zero-order valence-electron chi connectivity index (χ0n) is 17.9. The number of aromatic nitrogens is 1. The number of nitrogens with one attached hydrogen (secondary N) is 2. The predicted molar refractivity (Wildman–Crippen MR) is 120 cm³/mol. The smallest absolute Gasteiger partial charge is 0.191 e. The minimum Gasteiger partial charge on any atom is -0.497 e. The van der Waals surface area contributed by atoms with Crippen LogP contribution >= 0.6 is 0 Å². The van der Waals surface area contributed by atoms with Gasteiger partial charge in [0.05, 0.1) is 25.8 Å². The van der Waals surface area contributed by atoms with Gasteiger partial charge < -0.3 is 20.5 Å². The minimum absolute atomic E-state index is 0.197. The highest BCUT2D eigenvalue weighted by Crippen LogP contribution is 2.27. The lowest BCUT2D eigenvalue weighted by Crippen LogP contribution is -2.40. The van der Waals surface area contributed by atoms with Crippen molar-refractivity contribution in [2.75, 3.05) is 39.8 Å². The Hall–Kier alpha value is -2.64. The molecule has 1 fully saturated rings. The second kappa shape index (κ2) is 11.5. The SMILES string of the molecule is CCNC(=NCC(c1cccc(OC)c1)N1CCCC1)NCC(O)c1ccncc1. The molecule has 2 unspecified atom stereocenters. The van der Waals surface area contributed by atoms with Crippen LogP contribution in [0.4, 0.5) is 0 Å². The highest BCUT2D eigenvalue weighted by atomic mass is 16.5. The summed E-state index contributed by atoms with van der Waals surface area (Å²) in [5.41, 5.74) is 2.05. The monoisotopic (exact) mass is 411 g/mol. The number of benzene rings is 1. The molecule has 1 aliphatic rings. The first kappa shape index (κ1) is 22.1. The number of ether oxygens (including phenoxy) is 1. The van der Waals surface area contributed by atoms with Gasteiger partial charge in [0.15, 0.2) is 5.96 Å². The molecule has 0 spiro atoms. The normalized spacial score (nSPS) is 16.8. The van der Waals surface area contributed by atoms with Crippen molar-refractivity contribution < 1.29 is 9.84 Å². The number of nitrogens with zero attached hydrogens (tertiary/aromatic N) is 3. The lowest BCUT2D eigenvalue weighted by Gasteiger charge is -2.27. The van der Waals surface area contributed by atoms with E-state index in [0.29, 0.717) is 19.0 Å². The number of pyridine rings is 1. The van der Waals surface area contributed by atoms with Gasteiger partial charge in [0.2, 0.25) is 0 Å². The minimum atomic E-state index is -0.621. The number of methoxy groups -OCH3 is 1. The van der Waals surface area contributed by atoms with Crippen LogP contribution in [0, 0.1) is 0 Å². The lowest BCUT2D eigenvalue weighted by atomic mass is 10.1. The lowest BCUT2D eigenvalue weighted by molar-refractivity contribution is 0.180. The predicted octanol–water partition coefficient (Wildman–Crippen LogP) is 2.52. The molecule has 7 nitrogen and oxygen atoms in total. The van der Waals surface area contributed by atoms with Crippen LogP contribution < -0.4 is 15.4 Å². The summed E-state index contributed by atoms with van der Waals surface area (Å²) < 4.78 is 5.43. The Morgan fingerprint density at radius 2 is 1.93 bits per heavy atom. The van der Waals surface area contributed by atoms with Crippen molar-refractivity contribution in [2.24, 2.45) is 4.99 Å². The molecule has 1 aliphatic heterocycles. The van der Waals surface area contributed by atoms with Crippen molar-refractivity contribution in [1.29, 1.82) is 0 Å². The van der Waals surface area contributed by atoms with Gasteiger partial charge in [0.1, 0.15) is 5.75 Å². The largest absolute Gasteiger partial charge is 0.497 e. The molecule has 2 atom stereocenters. The summed E-state index contributed by atoms with van der Waals surface area (Å²) >= 11 is 0. The van der Waals surface area contributed by atoms with Gasteiger partial charge in [-0.05, 0) is 68.2 Å². The quantitative estimate of drug-likeness (QED) is 0.435. The average Bonchev–Trinajstić information content (AvgIpc) is 3.32. The Kier molecular flexibility index (Phi) is 8.47. The summed E-state index contributed by atoms with van der Waals surface area (Å²) in [5.74, 6) is 1.57. The van der Waals surface area contributed by atoms with Gasteiger partial charge >= 0.3 is 0 Å². The summed E-state index contributed by atoms with van der Waals surface area (Å²) in [5, 5.41) is 17.0. The van der Waals surface area contributed by atoms with E-state index >= 15 is 0 Å². The van der Waals surface area contributed by atoms with Crippen LogP contribution in [-0.2, 0) is 0 Å². The van der Waals surface area contributed by atoms with Crippen molar-refractivity contribution in [3.8, 4) is 5.75 Å². The summed E-state index contributed by atoms with van der Waals surface area (Å²) in [7, 11) is 1.70. The van der Waals surface area contributed by atoms with E-state index < -0.39 is 6.10 Å². The Morgan fingerprint density at radius 3 is 2.63 bits per heavy atom. The molecule has 1 saturated heterocycles. The first-order valence-corrected chi connectivity index (χ1v) is 10.7.